The third-order valence-electron chi connectivity index (χ3n) is 3.79. The SMILES string of the molecule is CCCC(=O)C1(C(=O)ON2C(=O)CCC2=O)CCC1. The molecular weight excluding hydrogens is 250 g/mol. The molecule has 0 aromatic rings. The molecule has 0 aromatic carbocycles. The van der Waals surface area contributed by atoms with Crippen molar-refractivity contribution in [2.24, 2.45) is 5.41 Å². The molecular formula is C13H17NO5. The average molecular weight is 267 g/mol. The number of imide groups is 1. The summed E-state index contributed by atoms with van der Waals surface area (Å²) in [6.07, 6.45) is 2.77. The van der Waals surface area contributed by atoms with Gasteiger partial charge in [-0.1, -0.05) is 13.3 Å². The first-order chi connectivity index (χ1) is 9.01. The lowest BCUT2D eigenvalue weighted by atomic mass is 9.65. The van der Waals surface area contributed by atoms with Gasteiger partial charge in [-0.15, -0.1) is 5.06 Å². The quantitative estimate of drug-likeness (QED) is 0.551. The third kappa shape index (κ3) is 2.27. The molecule has 2 amide bonds. The van der Waals surface area contributed by atoms with E-state index in [9.17, 15) is 19.2 Å². The second-order valence-corrected chi connectivity index (χ2v) is 5.07. The highest BCUT2D eigenvalue weighted by Gasteiger charge is 2.53. The van der Waals surface area contributed by atoms with Gasteiger partial charge in [-0.2, -0.15) is 0 Å². The van der Waals surface area contributed by atoms with Crippen LogP contribution in [0.5, 0.6) is 0 Å². The van der Waals surface area contributed by atoms with E-state index in [0.717, 1.165) is 6.42 Å². The van der Waals surface area contributed by atoms with Crippen LogP contribution in [0.25, 0.3) is 0 Å². The predicted octanol–water partition coefficient (Wildman–Crippen LogP) is 1.13. The summed E-state index contributed by atoms with van der Waals surface area (Å²) >= 11 is 0. The Hall–Kier alpha value is -1.72. The van der Waals surface area contributed by atoms with Crippen LogP contribution in [-0.2, 0) is 24.0 Å². The van der Waals surface area contributed by atoms with Crippen molar-refractivity contribution < 1.29 is 24.0 Å². The number of Topliss-reactive ketones (excluding diaryl/α,β-unsaturated/α-hetero) is 1. The Labute approximate surface area is 111 Å². The van der Waals surface area contributed by atoms with Crippen LogP contribution in [-0.4, -0.2) is 28.6 Å². The van der Waals surface area contributed by atoms with Crippen LogP contribution in [0, 0.1) is 5.41 Å². The van der Waals surface area contributed by atoms with Crippen molar-refractivity contribution in [1.29, 1.82) is 0 Å². The summed E-state index contributed by atoms with van der Waals surface area (Å²) in [6.45, 7) is 1.86. The first-order valence-electron chi connectivity index (χ1n) is 6.63. The lowest BCUT2D eigenvalue weighted by Gasteiger charge is -2.37. The van der Waals surface area contributed by atoms with Crippen molar-refractivity contribution in [3.63, 3.8) is 0 Å². The zero-order chi connectivity index (χ0) is 14.0. The maximum Gasteiger partial charge on any atom is 0.346 e. The second-order valence-electron chi connectivity index (χ2n) is 5.07. The Kier molecular flexibility index (Phi) is 3.68. The molecule has 0 unspecified atom stereocenters. The Morgan fingerprint density at radius 3 is 2.21 bits per heavy atom. The van der Waals surface area contributed by atoms with E-state index < -0.39 is 23.2 Å². The highest BCUT2D eigenvalue weighted by molar-refractivity contribution is 6.07. The van der Waals surface area contributed by atoms with Crippen molar-refractivity contribution in [1.82, 2.24) is 5.06 Å². The Morgan fingerprint density at radius 1 is 1.21 bits per heavy atom. The standard InChI is InChI=1S/C13H17NO5/c1-2-4-9(15)13(7-3-8-13)12(18)19-14-10(16)5-6-11(14)17/h2-8H2,1H3. The highest BCUT2D eigenvalue weighted by atomic mass is 16.7. The van der Waals surface area contributed by atoms with Gasteiger partial charge >= 0.3 is 5.97 Å². The first-order valence-corrected chi connectivity index (χ1v) is 6.63. The molecule has 0 N–H and O–H groups in total. The van der Waals surface area contributed by atoms with Gasteiger partial charge in [-0.3, -0.25) is 14.4 Å². The van der Waals surface area contributed by atoms with Crippen molar-refractivity contribution in [2.45, 2.75) is 51.9 Å². The van der Waals surface area contributed by atoms with Crippen molar-refractivity contribution >= 4 is 23.6 Å². The molecule has 0 spiro atoms. The summed E-state index contributed by atoms with van der Waals surface area (Å²) in [5.74, 6) is -1.93. The van der Waals surface area contributed by atoms with E-state index >= 15 is 0 Å². The maximum atomic E-state index is 12.1. The number of amides is 2. The van der Waals surface area contributed by atoms with Crippen molar-refractivity contribution in [3.05, 3.63) is 0 Å². The maximum absolute atomic E-state index is 12.1. The minimum atomic E-state index is -1.13. The largest absolute Gasteiger partial charge is 0.346 e. The number of carbonyl (C=O) groups excluding carboxylic acids is 4. The minimum Gasteiger partial charge on any atom is -0.329 e. The first kappa shape index (κ1) is 13.7. The Balaban J connectivity index is 2.07. The zero-order valence-electron chi connectivity index (χ0n) is 10.9. The number of ketones is 1. The molecule has 2 aliphatic rings. The molecule has 0 atom stereocenters. The molecule has 2 fully saturated rings. The fraction of sp³-hybridized carbons (Fsp3) is 0.692. The number of hydrogen-bond acceptors (Lipinski definition) is 5. The molecule has 0 radical (unpaired) electrons. The van der Waals surface area contributed by atoms with Crippen LogP contribution < -0.4 is 0 Å². The van der Waals surface area contributed by atoms with Crippen molar-refractivity contribution in [2.75, 3.05) is 0 Å². The number of carbonyl (C=O) groups is 4. The molecule has 1 aliphatic heterocycles. The van der Waals surface area contributed by atoms with Crippen LogP contribution >= 0.6 is 0 Å². The van der Waals surface area contributed by atoms with Gasteiger partial charge in [0.25, 0.3) is 11.8 Å². The third-order valence-corrected chi connectivity index (χ3v) is 3.79. The van der Waals surface area contributed by atoms with E-state index in [4.69, 9.17) is 4.84 Å². The molecule has 2 rings (SSSR count). The van der Waals surface area contributed by atoms with Gasteiger partial charge in [0.05, 0.1) is 0 Å². The normalized spacial score (nSPS) is 21.2. The zero-order valence-corrected chi connectivity index (χ0v) is 10.9. The summed E-state index contributed by atoms with van der Waals surface area (Å²) in [5.41, 5.74) is -1.13. The van der Waals surface area contributed by atoms with Gasteiger partial charge in [0.15, 0.2) is 0 Å². The highest BCUT2D eigenvalue weighted by Crippen LogP contribution is 2.44. The summed E-state index contributed by atoms with van der Waals surface area (Å²) < 4.78 is 0. The summed E-state index contributed by atoms with van der Waals surface area (Å²) in [6, 6.07) is 0. The monoisotopic (exact) mass is 267 g/mol. The minimum absolute atomic E-state index is 0.0576. The van der Waals surface area contributed by atoms with E-state index in [1.54, 1.807) is 0 Å². The second kappa shape index (κ2) is 5.11. The van der Waals surface area contributed by atoms with Crippen LogP contribution in [0.3, 0.4) is 0 Å². The van der Waals surface area contributed by atoms with E-state index in [0.29, 0.717) is 30.7 Å². The van der Waals surface area contributed by atoms with Crippen LogP contribution in [0.4, 0.5) is 0 Å². The van der Waals surface area contributed by atoms with Gasteiger partial charge < -0.3 is 4.84 Å². The number of hydroxylamine groups is 2. The van der Waals surface area contributed by atoms with Gasteiger partial charge in [0.2, 0.25) is 0 Å². The van der Waals surface area contributed by atoms with Gasteiger partial charge in [0, 0.05) is 19.3 Å². The summed E-state index contributed by atoms with van der Waals surface area (Å²) in [5, 5.41) is 0.516. The number of nitrogens with zero attached hydrogens (tertiary/aromatic N) is 1. The topological polar surface area (TPSA) is 80.8 Å². The molecule has 1 aliphatic carbocycles. The fourth-order valence-electron chi connectivity index (χ4n) is 2.42. The summed E-state index contributed by atoms with van der Waals surface area (Å²) in [7, 11) is 0. The molecule has 1 heterocycles. The predicted molar refractivity (Wildman–Crippen MR) is 63.4 cm³/mol. The van der Waals surface area contributed by atoms with Crippen LogP contribution in [0.1, 0.15) is 51.9 Å². The molecule has 6 nitrogen and oxygen atoms in total. The lowest BCUT2D eigenvalue weighted by molar-refractivity contribution is -0.209. The van der Waals surface area contributed by atoms with Crippen molar-refractivity contribution in [3.8, 4) is 0 Å². The van der Waals surface area contributed by atoms with Crippen LogP contribution in [0.2, 0.25) is 0 Å². The van der Waals surface area contributed by atoms with E-state index in [1.807, 2.05) is 6.92 Å². The van der Waals surface area contributed by atoms with E-state index in [2.05, 4.69) is 0 Å². The Morgan fingerprint density at radius 2 is 1.79 bits per heavy atom. The van der Waals surface area contributed by atoms with Crippen LogP contribution in [0.15, 0.2) is 0 Å². The lowest BCUT2D eigenvalue weighted by Crippen LogP contribution is -2.49. The molecule has 0 aromatic heterocycles. The van der Waals surface area contributed by atoms with E-state index in [1.165, 1.54) is 0 Å². The van der Waals surface area contributed by atoms with Gasteiger partial charge in [-0.25, -0.2) is 4.79 Å². The molecule has 0 bridgehead atoms. The van der Waals surface area contributed by atoms with E-state index in [-0.39, 0.29) is 18.6 Å². The Bertz CT molecular complexity index is 422. The molecule has 1 saturated carbocycles. The summed E-state index contributed by atoms with van der Waals surface area (Å²) in [4.78, 5) is 51.8. The number of rotatable bonds is 5. The smallest absolute Gasteiger partial charge is 0.329 e. The molecule has 1 saturated heterocycles. The fourth-order valence-corrected chi connectivity index (χ4v) is 2.42. The van der Waals surface area contributed by atoms with Gasteiger partial charge in [0.1, 0.15) is 11.2 Å². The molecule has 6 heteroatoms. The van der Waals surface area contributed by atoms with Gasteiger partial charge in [-0.05, 0) is 19.3 Å². The number of hydrogen-bond donors (Lipinski definition) is 0. The average Bonchev–Trinajstić information content (AvgIpc) is 2.60. The molecule has 19 heavy (non-hydrogen) atoms. The molecule has 104 valence electrons.